The highest BCUT2D eigenvalue weighted by atomic mass is 32.2. The smallest absolute Gasteiger partial charge is 0.309 e. The first-order valence-corrected chi connectivity index (χ1v) is 13.3. The fourth-order valence-corrected chi connectivity index (χ4v) is 6.46. The minimum Gasteiger partial charge on any atom is -0.466 e. The third-order valence-electron chi connectivity index (χ3n) is 6.80. The standard InChI is InChI=1S/C20H37N5O5S/c1-3-30-19(27)13-8-10-25(11-9-13)20-22-12-14(17(21)26)18(24-20)23-15-6-4-5-7-16(15)31(2,28)29/h13-16,18,20,22-24H,3-12H2,1-2H3,(H2,21,26). The molecule has 0 bridgehead atoms. The molecule has 2 heterocycles. The van der Waals surface area contributed by atoms with Gasteiger partial charge in [0.1, 0.15) is 6.29 Å². The van der Waals surface area contributed by atoms with Crippen molar-refractivity contribution in [2.75, 3.05) is 32.5 Å². The summed E-state index contributed by atoms with van der Waals surface area (Å²) in [6.07, 6.45) is 5.36. The van der Waals surface area contributed by atoms with Gasteiger partial charge in [0, 0.05) is 31.9 Å². The zero-order valence-electron chi connectivity index (χ0n) is 18.5. The van der Waals surface area contributed by atoms with Gasteiger partial charge in [-0.05, 0) is 32.6 Å². The summed E-state index contributed by atoms with van der Waals surface area (Å²) in [4.78, 5) is 26.3. The monoisotopic (exact) mass is 459 g/mol. The van der Waals surface area contributed by atoms with Gasteiger partial charge in [-0.3, -0.25) is 30.4 Å². The molecule has 5 N–H and O–H groups in total. The van der Waals surface area contributed by atoms with E-state index in [0.717, 1.165) is 45.2 Å². The third-order valence-corrected chi connectivity index (χ3v) is 8.46. The molecule has 0 radical (unpaired) electrons. The Balaban J connectivity index is 1.64. The second-order valence-electron chi connectivity index (χ2n) is 8.95. The van der Waals surface area contributed by atoms with E-state index in [-0.39, 0.29) is 24.2 Å². The van der Waals surface area contributed by atoms with E-state index in [1.54, 1.807) is 0 Å². The van der Waals surface area contributed by atoms with E-state index in [1.807, 2.05) is 6.92 Å². The summed E-state index contributed by atoms with van der Waals surface area (Å²) >= 11 is 0. The number of esters is 1. The Hall–Kier alpha value is -1.27. The zero-order chi connectivity index (χ0) is 22.6. The number of amides is 1. The van der Waals surface area contributed by atoms with Crippen LogP contribution < -0.4 is 21.7 Å². The number of ether oxygens (including phenoxy) is 1. The number of piperidine rings is 1. The van der Waals surface area contributed by atoms with Gasteiger partial charge in [0.2, 0.25) is 5.91 Å². The van der Waals surface area contributed by atoms with Crippen LogP contribution >= 0.6 is 0 Å². The lowest BCUT2D eigenvalue weighted by atomic mass is 9.93. The van der Waals surface area contributed by atoms with Gasteiger partial charge < -0.3 is 10.5 Å². The number of rotatable bonds is 7. The number of carbonyl (C=O) groups is 2. The molecule has 3 fully saturated rings. The average molecular weight is 460 g/mol. The van der Waals surface area contributed by atoms with Crippen molar-refractivity contribution >= 4 is 21.7 Å². The number of primary amides is 1. The Morgan fingerprint density at radius 3 is 2.45 bits per heavy atom. The van der Waals surface area contributed by atoms with E-state index in [4.69, 9.17) is 10.5 Å². The summed E-state index contributed by atoms with van der Waals surface area (Å²) in [6.45, 7) is 4.04. The second-order valence-corrected chi connectivity index (χ2v) is 11.2. The predicted molar refractivity (Wildman–Crippen MR) is 116 cm³/mol. The largest absolute Gasteiger partial charge is 0.466 e. The number of nitrogens with one attached hydrogen (secondary N) is 3. The first kappa shape index (κ1) is 24.4. The topological polar surface area (TPSA) is 143 Å². The van der Waals surface area contributed by atoms with Crippen LogP contribution in [0.25, 0.3) is 0 Å². The average Bonchev–Trinajstić information content (AvgIpc) is 2.73. The minimum atomic E-state index is -3.19. The zero-order valence-corrected chi connectivity index (χ0v) is 19.3. The third kappa shape index (κ3) is 6.16. The highest BCUT2D eigenvalue weighted by molar-refractivity contribution is 7.91. The lowest BCUT2D eigenvalue weighted by Crippen LogP contribution is -2.72. The van der Waals surface area contributed by atoms with E-state index >= 15 is 0 Å². The van der Waals surface area contributed by atoms with Crippen molar-refractivity contribution in [1.82, 2.24) is 20.9 Å². The van der Waals surface area contributed by atoms with Crippen LogP contribution in [0.2, 0.25) is 0 Å². The molecule has 11 heteroatoms. The van der Waals surface area contributed by atoms with Crippen molar-refractivity contribution in [1.29, 1.82) is 0 Å². The van der Waals surface area contributed by atoms with Crippen molar-refractivity contribution in [3.63, 3.8) is 0 Å². The summed E-state index contributed by atoms with van der Waals surface area (Å²) < 4.78 is 29.7. The second kappa shape index (κ2) is 10.6. The van der Waals surface area contributed by atoms with E-state index in [2.05, 4.69) is 20.9 Å². The molecule has 0 spiro atoms. The first-order valence-electron chi connectivity index (χ1n) is 11.3. The van der Waals surface area contributed by atoms with Crippen LogP contribution in [-0.4, -0.2) is 81.4 Å². The molecule has 0 aromatic rings. The van der Waals surface area contributed by atoms with Crippen molar-refractivity contribution in [2.24, 2.45) is 17.6 Å². The van der Waals surface area contributed by atoms with E-state index in [0.29, 0.717) is 19.6 Å². The van der Waals surface area contributed by atoms with E-state index < -0.39 is 33.1 Å². The van der Waals surface area contributed by atoms with Gasteiger partial charge in [-0.25, -0.2) is 8.42 Å². The molecule has 0 aromatic carbocycles. The Morgan fingerprint density at radius 2 is 1.84 bits per heavy atom. The molecular weight excluding hydrogens is 422 g/mol. The highest BCUT2D eigenvalue weighted by Gasteiger charge is 2.41. The summed E-state index contributed by atoms with van der Waals surface area (Å²) in [5.41, 5.74) is 5.64. The van der Waals surface area contributed by atoms with Crippen LogP contribution in [0.1, 0.15) is 45.4 Å². The lowest BCUT2D eigenvalue weighted by Gasteiger charge is -2.46. The minimum absolute atomic E-state index is 0.0789. The van der Waals surface area contributed by atoms with Gasteiger partial charge in [0.05, 0.1) is 29.9 Å². The molecule has 1 saturated carbocycles. The Bertz CT molecular complexity index is 740. The van der Waals surface area contributed by atoms with E-state index in [1.165, 1.54) is 6.26 Å². The summed E-state index contributed by atoms with van der Waals surface area (Å²) in [6, 6.07) is -0.212. The maximum absolute atomic E-state index is 12.3. The molecule has 5 atom stereocenters. The number of hydrogen-bond acceptors (Lipinski definition) is 9. The summed E-state index contributed by atoms with van der Waals surface area (Å²) in [7, 11) is -3.19. The van der Waals surface area contributed by atoms with Gasteiger partial charge in [-0.1, -0.05) is 12.8 Å². The van der Waals surface area contributed by atoms with Gasteiger partial charge in [-0.15, -0.1) is 0 Å². The van der Waals surface area contributed by atoms with Crippen LogP contribution in [0.5, 0.6) is 0 Å². The summed E-state index contributed by atoms with van der Waals surface area (Å²) in [5.74, 6) is -1.13. The van der Waals surface area contributed by atoms with Crippen LogP contribution in [0.15, 0.2) is 0 Å². The Labute approximate surface area is 184 Å². The number of hydrogen-bond donors (Lipinski definition) is 4. The van der Waals surface area contributed by atoms with E-state index in [9.17, 15) is 18.0 Å². The molecule has 0 aromatic heterocycles. The van der Waals surface area contributed by atoms with Crippen molar-refractivity contribution < 1.29 is 22.7 Å². The molecule has 2 saturated heterocycles. The molecule has 178 valence electrons. The molecule has 1 amide bonds. The summed E-state index contributed by atoms with van der Waals surface area (Å²) in [5, 5.41) is 9.75. The molecule has 3 aliphatic rings. The number of nitrogens with two attached hydrogens (primary N) is 1. The predicted octanol–water partition coefficient (Wildman–Crippen LogP) is -0.889. The quantitative estimate of drug-likeness (QED) is 0.357. The van der Waals surface area contributed by atoms with Crippen LogP contribution in [0.3, 0.4) is 0 Å². The molecule has 1 aliphatic carbocycles. The van der Waals surface area contributed by atoms with Crippen LogP contribution in [0.4, 0.5) is 0 Å². The lowest BCUT2D eigenvalue weighted by molar-refractivity contribution is -0.150. The molecule has 31 heavy (non-hydrogen) atoms. The number of likely N-dealkylation sites (tertiary alicyclic amines) is 1. The fourth-order valence-electron chi connectivity index (χ4n) is 5.05. The Kier molecular flexibility index (Phi) is 8.31. The molecule has 5 unspecified atom stereocenters. The number of carbonyl (C=O) groups excluding carboxylic acids is 2. The fraction of sp³-hybridized carbons (Fsp3) is 0.900. The normalized spacial score (nSPS) is 33.7. The van der Waals surface area contributed by atoms with Crippen molar-refractivity contribution in [3.05, 3.63) is 0 Å². The maximum Gasteiger partial charge on any atom is 0.309 e. The van der Waals surface area contributed by atoms with Gasteiger partial charge in [0.25, 0.3) is 0 Å². The molecule has 10 nitrogen and oxygen atoms in total. The Morgan fingerprint density at radius 1 is 1.16 bits per heavy atom. The SMILES string of the molecule is CCOC(=O)C1CCN(C2NCC(C(N)=O)C(NC3CCCCC3S(C)(=O)=O)N2)CC1. The highest BCUT2D eigenvalue weighted by Crippen LogP contribution is 2.26. The molecule has 3 rings (SSSR count). The van der Waals surface area contributed by atoms with Gasteiger partial charge in [0.15, 0.2) is 9.84 Å². The molecule has 2 aliphatic heterocycles. The molecular formula is C20H37N5O5S. The maximum atomic E-state index is 12.3. The van der Waals surface area contributed by atoms with Crippen LogP contribution in [-0.2, 0) is 24.2 Å². The van der Waals surface area contributed by atoms with Crippen LogP contribution in [0, 0.1) is 11.8 Å². The van der Waals surface area contributed by atoms with Gasteiger partial charge in [-0.2, -0.15) is 0 Å². The van der Waals surface area contributed by atoms with Crippen molar-refractivity contribution in [3.8, 4) is 0 Å². The van der Waals surface area contributed by atoms with Crippen molar-refractivity contribution in [2.45, 2.75) is 69.2 Å². The number of sulfone groups is 1. The first-order chi connectivity index (χ1) is 14.7. The number of nitrogens with zero attached hydrogens (tertiary/aromatic N) is 1. The van der Waals surface area contributed by atoms with Gasteiger partial charge >= 0.3 is 5.97 Å².